The Morgan fingerprint density at radius 3 is 2.63 bits per heavy atom. The van der Waals surface area contributed by atoms with Crippen LogP contribution in [-0.4, -0.2) is 36.7 Å². The first-order valence-corrected chi connectivity index (χ1v) is 7.41. The average Bonchev–Trinajstić information content (AvgIpc) is 2.96. The van der Waals surface area contributed by atoms with Gasteiger partial charge in [0.25, 0.3) is 0 Å². The molecule has 3 rings (SSSR count). The topological polar surface area (TPSA) is 12.5 Å². The molecule has 0 aromatic heterocycles. The summed E-state index contributed by atoms with van der Waals surface area (Å²) in [5.74, 6) is -0.166. The van der Waals surface area contributed by atoms with E-state index in [9.17, 15) is 4.39 Å². The number of morpholine rings is 1. The highest BCUT2D eigenvalue weighted by molar-refractivity contribution is 5.17. The maximum atomic E-state index is 12.9. The van der Waals surface area contributed by atoms with Crippen molar-refractivity contribution in [1.29, 1.82) is 0 Å². The predicted octanol–water partition coefficient (Wildman–Crippen LogP) is 3.01. The Balaban J connectivity index is 1.57. The van der Waals surface area contributed by atoms with Crippen molar-refractivity contribution < 1.29 is 9.13 Å². The molecule has 1 heterocycles. The van der Waals surface area contributed by atoms with Crippen molar-refractivity contribution in [1.82, 2.24) is 4.90 Å². The summed E-state index contributed by atoms with van der Waals surface area (Å²) in [7, 11) is 0. The third kappa shape index (κ3) is 3.34. The molecule has 104 valence electrons. The Hall–Kier alpha value is -0.930. The Kier molecular flexibility index (Phi) is 4.14. The van der Waals surface area contributed by atoms with Crippen LogP contribution >= 0.6 is 0 Å². The number of ether oxygens (including phenoxy) is 1. The third-order valence-electron chi connectivity index (χ3n) is 4.39. The molecular weight excluding hydrogens is 241 g/mol. The van der Waals surface area contributed by atoms with Gasteiger partial charge in [-0.1, -0.05) is 25.0 Å². The number of hydrogen-bond acceptors (Lipinski definition) is 2. The van der Waals surface area contributed by atoms with Gasteiger partial charge in [-0.2, -0.15) is 0 Å². The highest BCUT2D eigenvalue weighted by atomic mass is 19.1. The SMILES string of the molecule is Fc1ccc(CC2CN(C3CCCC3)CCO2)cc1. The second-order valence-corrected chi connectivity index (χ2v) is 5.76. The van der Waals surface area contributed by atoms with E-state index in [1.165, 1.54) is 43.4 Å². The molecule has 1 aliphatic carbocycles. The van der Waals surface area contributed by atoms with Gasteiger partial charge in [0.1, 0.15) is 5.82 Å². The van der Waals surface area contributed by atoms with Crippen molar-refractivity contribution in [2.75, 3.05) is 19.7 Å². The van der Waals surface area contributed by atoms with Crippen molar-refractivity contribution in [3.8, 4) is 0 Å². The lowest BCUT2D eigenvalue weighted by Crippen LogP contribution is -2.47. The predicted molar refractivity (Wildman–Crippen MR) is 73.7 cm³/mol. The van der Waals surface area contributed by atoms with Gasteiger partial charge < -0.3 is 4.74 Å². The zero-order chi connectivity index (χ0) is 13.1. The van der Waals surface area contributed by atoms with Crippen molar-refractivity contribution in [2.45, 2.75) is 44.2 Å². The molecule has 1 aromatic rings. The van der Waals surface area contributed by atoms with E-state index in [2.05, 4.69) is 4.90 Å². The fourth-order valence-electron chi connectivity index (χ4n) is 3.35. The molecule has 0 radical (unpaired) electrons. The molecule has 2 fully saturated rings. The van der Waals surface area contributed by atoms with E-state index in [4.69, 9.17) is 4.74 Å². The van der Waals surface area contributed by atoms with Crippen molar-refractivity contribution in [2.24, 2.45) is 0 Å². The first kappa shape index (κ1) is 13.1. The van der Waals surface area contributed by atoms with E-state index >= 15 is 0 Å². The van der Waals surface area contributed by atoms with E-state index in [0.29, 0.717) is 0 Å². The number of nitrogens with zero attached hydrogens (tertiary/aromatic N) is 1. The van der Waals surface area contributed by atoms with Crippen molar-refractivity contribution in [3.05, 3.63) is 35.6 Å². The molecule has 1 saturated carbocycles. The van der Waals surface area contributed by atoms with Gasteiger partial charge in [-0.05, 0) is 37.0 Å². The molecule has 0 bridgehead atoms. The lowest BCUT2D eigenvalue weighted by molar-refractivity contribution is -0.0415. The summed E-state index contributed by atoms with van der Waals surface area (Å²) in [6.45, 7) is 2.94. The van der Waals surface area contributed by atoms with Gasteiger partial charge in [0.05, 0.1) is 12.7 Å². The smallest absolute Gasteiger partial charge is 0.123 e. The van der Waals surface area contributed by atoms with E-state index in [-0.39, 0.29) is 11.9 Å². The van der Waals surface area contributed by atoms with E-state index < -0.39 is 0 Å². The van der Waals surface area contributed by atoms with Crippen LogP contribution < -0.4 is 0 Å². The first-order chi connectivity index (χ1) is 9.31. The quantitative estimate of drug-likeness (QED) is 0.831. The van der Waals surface area contributed by atoms with Crippen LogP contribution in [0.5, 0.6) is 0 Å². The van der Waals surface area contributed by atoms with Crippen LogP contribution in [0.1, 0.15) is 31.2 Å². The van der Waals surface area contributed by atoms with Crippen LogP contribution in [0, 0.1) is 5.82 Å². The van der Waals surface area contributed by atoms with E-state index in [0.717, 1.165) is 32.2 Å². The summed E-state index contributed by atoms with van der Waals surface area (Å²) in [6.07, 6.45) is 6.62. The second-order valence-electron chi connectivity index (χ2n) is 5.76. The summed E-state index contributed by atoms with van der Waals surface area (Å²) in [5.41, 5.74) is 1.17. The molecule has 1 saturated heterocycles. The van der Waals surface area contributed by atoms with Gasteiger partial charge in [-0.15, -0.1) is 0 Å². The fourth-order valence-corrected chi connectivity index (χ4v) is 3.35. The van der Waals surface area contributed by atoms with Crippen LogP contribution in [0.2, 0.25) is 0 Å². The Bertz CT molecular complexity index is 400. The lowest BCUT2D eigenvalue weighted by Gasteiger charge is -2.37. The Labute approximate surface area is 114 Å². The maximum Gasteiger partial charge on any atom is 0.123 e. The highest BCUT2D eigenvalue weighted by Crippen LogP contribution is 2.25. The van der Waals surface area contributed by atoms with Gasteiger partial charge in [-0.25, -0.2) is 4.39 Å². The van der Waals surface area contributed by atoms with Crippen molar-refractivity contribution >= 4 is 0 Å². The molecule has 2 nitrogen and oxygen atoms in total. The maximum absolute atomic E-state index is 12.9. The fraction of sp³-hybridized carbons (Fsp3) is 0.625. The minimum Gasteiger partial charge on any atom is -0.375 e. The number of rotatable bonds is 3. The summed E-state index contributed by atoms with van der Waals surface area (Å²) >= 11 is 0. The van der Waals surface area contributed by atoms with Crippen LogP contribution in [-0.2, 0) is 11.2 Å². The minimum absolute atomic E-state index is 0.166. The average molecular weight is 263 g/mol. The van der Waals surface area contributed by atoms with Crippen molar-refractivity contribution in [3.63, 3.8) is 0 Å². The monoisotopic (exact) mass is 263 g/mol. The second kappa shape index (κ2) is 6.02. The molecule has 1 atom stereocenters. The number of halogens is 1. The lowest BCUT2D eigenvalue weighted by atomic mass is 10.1. The standard InChI is InChI=1S/C16H22FNO/c17-14-7-5-13(6-8-14)11-16-12-18(9-10-19-16)15-3-1-2-4-15/h5-8,15-16H,1-4,9-12H2. The molecule has 2 aliphatic rings. The molecule has 1 aromatic carbocycles. The van der Waals surface area contributed by atoms with Gasteiger partial charge in [0, 0.05) is 19.1 Å². The van der Waals surface area contributed by atoms with Gasteiger partial charge in [0.2, 0.25) is 0 Å². The summed E-state index contributed by atoms with van der Waals surface area (Å²) < 4.78 is 18.8. The zero-order valence-corrected chi connectivity index (χ0v) is 11.4. The Morgan fingerprint density at radius 2 is 1.89 bits per heavy atom. The van der Waals surface area contributed by atoms with E-state index in [1.54, 1.807) is 0 Å². The molecule has 0 spiro atoms. The van der Waals surface area contributed by atoms with Crippen LogP contribution in [0.4, 0.5) is 4.39 Å². The van der Waals surface area contributed by atoms with Crippen LogP contribution in [0.3, 0.4) is 0 Å². The van der Waals surface area contributed by atoms with Gasteiger partial charge in [0.15, 0.2) is 0 Å². The molecule has 0 amide bonds. The third-order valence-corrected chi connectivity index (χ3v) is 4.39. The first-order valence-electron chi connectivity index (χ1n) is 7.41. The van der Waals surface area contributed by atoms with Crippen LogP contribution in [0.25, 0.3) is 0 Å². The van der Waals surface area contributed by atoms with E-state index in [1.807, 2.05) is 12.1 Å². The zero-order valence-electron chi connectivity index (χ0n) is 11.4. The largest absolute Gasteiger partial charge is 0.375 e. The number of benzene rings is 1. The summed E-state index contributed by atoms with van der Waals surface area (Å²) in [4.78, 5) is 2.60. The van der Waals surface area contributed by atoms with Gasteiger partial charge >= 0.3 is 0 Å². The summed E-state index contributed by atoms with van der Waals surface area (Å²) in [6, 6.07) is 7.58. The Morgan fingerprint density at radius 1 is 1.16 bits per heavy atom. The summed E-state index contributed by atoms with van der Waals surface area (Å²) in [5, 5.41) is 0. The van der Waals surface area contributed by atoms with Gasteiger partial charge in [-0.3, -0.25) is 4.90 Å². The molecule has 19 heavy (non-hydrogen) atoms. The molecule has 0 N–H and O–H groups in total. The highest BCUT2D eigenvalue weighted by Gasteiger charge is 2.28. The molecular formula is C16H22FNO. The molecule has 3 heteroatoms. The molecule has 1 aliphatic heterocycles. The minimum atomic E-state index is -0.166. The number of hydrogen-bond donors (Lipinski definition) is 0. The van der Waals surface area contributed by atoms with Crippen LogP contribution in [0.15, 0.2) is 24.3 Å². The molecule has 1 unspecified atom stereocenters. The normalized spacial score (nSPS) is 25.8.